The van der Waals surface area contributed by atoms with Crippen molar-refractivity contribution in [1.29, 1.82) is 0 Å². The average Bonchev–Trinajstić information content (AvgIpc) is 2.42. The Morgan fingerprint density at radius 1 is 1.42 bits per heavy atom. The lowest BCUT2D eigenvalue weighted by Crippen LogP contribution is -2.34. The van der Waals surface area contributed by atoms with Gasteiger partial charge in [-0.15, -0.1) is 0 Å². The second kappa shape index (κ2) is 7.49. The first-order chi connectivity index (χ1) is 9.22. The van der Waals surface area contributed by atoms with Crippen LogP contribution in [0.4, 0.5) is 0 Å². The fraction of sp³-hybridized carbons (Fsp3) is 0.600. The highest BCUT2D eigenvalue weighted by atomic mass is 35.5. The van der Waals surface area contributed by atoms with Crippen LogP contribution in [-0.2, 0) is 4.74 Å². The summed E-state index contributed by atoms with van der Waals surface area (Å²) < 4.78 is 5.62. The highest BCUT2D eigenvalue weighted by Gasteiger charge is 2.26. The maximum Gasteiger partial charge on any atom is 0.0512 e. The van der Waals surface area contributed by atoms with Crippen molar-refractivity contribution in [3.63, 3.8) is 0 Å². The Hall–Kier alpha value is -0.280. The summed E-state index contributed by atoms with van der Waals surface area (Å²) in [7, 11) is 0. The molecule has 2 rings (SSSR count). The van der Waals surface area contributed by atoms with Crippen LogP contribution in [0.3, 0.4) is 0 Å². The largest absolute Gasteiger partial charge is 0.381 e. The highest BCUT2D eigenvalue weighted by Crippen LogP contribution is 2.34. The van der Waals surface area contributed by atoms with Crippen LogP contribution >= 0.6 is 23.2 Å². The van der Waals surface area contributed by atoms with E-state index < -0.39 is 0 Å². The summed E-state index contributed by atoms with van der Waals surface area (Å²) in [6.07, 6.45) is 3.41. The summed E-state index contributed by atoms with van der Waals surface area (Å²) in [5.41, 5.74) is 1.13. The Labute approximate surface area is 125 Å². The van der Waals surface area contributed by atoms with Gasteiger partial charge in [0.25, 0.3) is 0 Å². The summed E-state index contributed by atoms with van der Waals surface area (Å²) in [6.45, 7) is 4.84. The monoisotopic (exact) mass is 301 g/mol. The number of hydrogen-bond acceptors (Lipinski definition) is 2. The topological polar surface area (TPSA) is 21.3 Å². The summed E-state index contributed by atoms with van der Waals surface area (Å²) in [6, 6.07) is 6.02. The van der Waals surface area contributed by atoms with E-state index in [-0.39, 0.29) is 6.04 Å². The molecule has 0 radical (unpaired) electrons. The van der Waals surface area contributed by atoms with E-state index in [1.165, 1.54) is 6.42 Å². The maximum absolute atomic E-state index is 6.36. The SMILES string of the molecule is CCCNC(c1ccc(Cl)cc1Cl)C1CCCOC1. The van der Waals surface area contributed by atoms with Crippen molar-refractivity contribution >= 4 is 23.2 Å². The van der Waals surface area contributed by atoms with Gasteiger partial charge in [-0.2, -0.15) is 0 Å². The highest BCUT2D eigenvalue weighted by molar-refractivity contribution is 6.35. The third-order valence-electron chi connectivity index (χ3n) is 3.58. The van der Waals surface area contributed by atoms with Gasteiger partial charge in [-0.05, 0) is 43.5 Å². The first kappa shape index (κ1) is 15.1. The van der Waals surface area contributed by atoms with Crippen molar-refractivity contribution in [1.82, 2.24) is 5.32 Å². The average molecular weight is 302 g/mol. The molecule has 1 fully saturated rings. The molecule has 1 heterocycles. The minimum absolute atomic E-state index is 0.255. The molecule has 2 atom stereocenters. The lowest BCUT2D eigenvalue weighted by atomic mass is 9.88. The molecule has 4 heteroatoms. The van der Waals surface area contributed by atoms with Crippen molar-refractivity contribution < 1.29 is 4.74 Å². The van der Waals surface area contributed by atoms with Gasteiger partial charge in [-0.1, -0.05) is 36.2 Å². The van der Waals surface area contributed by atoms with Crippen LogP contribution in [0.5, 0.6) is 0 Å². The van der Waals surface area contributed by atoms with E-state index in [4.69, 9.17) is 27.9 Å². The number of halogens is 2. The number of rotatable bonds is 5. The maximum atomic E-state index is 6.36. The predicted molar refractivity (Wildman–Crippen MR) is 81.0 cm³/mol. The minimum Gasteiger partial charge on any atom is -0.381 e. The first-order valence-corrected chi connectivity index (χ1v) is 7.74. The molecule has 106 valence electrons. The van der Waals surface area contributed by atoms with Gasteiger partial charge in [0.1, 0.15) is 0 Å². The van der Waals surface area contributed by atoms with Gasteiger partial charge in [0, 0.05) is 28.6 Å². The van der Waals surface area contributed by atoms with Crippen molar-refractivity contribution in [3.8, 4) is 0 Å². The molecule has 19 heavy (non-hydrogen) atoms. The smallest absolute Gasteiger partial charge is 0.0512 e. The molecule has 0 bridgehead atoms. The Morgan fingerprint density at radius 3 is 2.89 bits per heavy atom. The van der Waals surface area contributed by atoms with Crippen LogP contribution in [0.25, 0.3) is 0 Å². The quantitative estimate of drug-likeness (QED) is 0.867. The van der Waals surface area contributed by atoms with Gasteiger partial charge < -0.3 is 10.1 Å². The lowest BCUT2D eigenvalue weighted by molar-refractivity contribution is 0.0390. The molecule has 0 aliphatic carbocycles. The van der Waals surface area contributed by atoms with Gasteiger partial charge in [-0.25, -0.2) is 0 Å². The fourth-order valence-corrected chi connectivity index (χ4v) is 3.14. The van der Waals surface area contributed by atoms with Gasteiger partial charge in [0.05, 0.1) is 6.61 Å². The van der Waals surface area contributed by atoms with Crippen molar-refractivity contribution in [2.24, 2.45) is 5.92 Å². The van der Waals surface area contributed by atoms with E-state index in [9.17, 15) is 0 Å². The minimum atomic E-state index is 0.255. The van der Waals surface area contributed by atoms with Crippen LogP contribution in [-0.4, -0.2) is 19.8 Å². The summed E-state index contributed by atoms with van der Waals surface area (Å²) in [5, 5.41) is 5.03. The second-order valence-electron chi connectivity index (χ2n) is 5.07. The summed E-state index contributed by atoms with van der Waals surface area (Å²) in [4.78, 5) is 0. The zero-order valence-electron chi connectivity index (χ0n) is 11.3. The summed E-state index contributed by atoms with van der Waals surface area (Å²) in [5.74, 6) is 0.485. The standard InChI is InChI=1S/C15H21Cl2NO/c1-2-7-18-15(11-4-3-8-19-10-11)13-6-5-12(16)9-14(13)17/h5-6,9,11,15,18H,2-4,7-8,10H2,1H3. The number of nitrogens with one attached hydrogen (secondary N) is 1. The van der Waals surface area contributed by atoms with E-state index in [1.54, 1.807) is 0 Å². The molecule has 2 unspecified atom stereocenters. The van der Waals surface area contributed by atoms with E-state index in [0.717, 1.165) is 43.2 Å². The third kappa shape index (κ3) is 4.09. The van der Waals surface area contributed by atoms with E-state index in [2.05, 4.69) is 12.2 Å². The van der Waals surface area contributed by atoms with E-state index >= 15 is 0 Å². The first-order valence-electron chi connectivity index (χ1n) is 6.98. The molecule has 1 aromatic rings. The number of hydrogen-bond donors (Lipinski definition) is 1. The van der Waals surface area contributed by atoms with Crippen molar-refractivity contribution in [2.45, 2.75) is 32.2 Å². The molecule has 1 aliphatic rings. The molecular weight excluding hydrogens is 281 g/mol. The molecule has 1 aromatic carbocycles. The Morgan fingerprint density at radius 2 is 2.26 bits per heavy atom. The van der Waals surface area contributed by atoms with Crippen LogP contribution in [0, 0.1) is 5.92 Å². The molecular formula is C15H21Cl2NO. The molecule has 0 aromatic heterocycles. The summed E-state index contributed by atoms with van der Waals surface area (Å²) >= 11 is 12.3. The second-order valence-corrected chi connectivity index (χ2v) is 5.92. The molecule has 1 saturated heterocycles. The van der Waals surface area contributed by atoms with Crippen LogP contribution in [0.1, 0.15) is 37.8 Å². The molecule has 0 saturated carbocycles. The van der Waals surface area contributed by atoms with Crippen LogP contribution in [0.15, 0.2) is 18.2 Å². The Bertz CT molecular complexity index is 405. The van der Waals surface area contributed by atoms with Gasteiger partial charge in [0.15, 0.2) is 0 Å². The van der Waals surface area contributed by atoms with E-state index in [0.29, 0.717) is 10.9 Å². The molecule has 1 N–H and O–H groups in total. The normalized spacial score (nSPS) is 21.3. The Balaban J connectivity index is 2.19. The molecule has 2 nitrogen and oxygen atoms in total. The fourth-order valence-electron chi connectivity index (χ4n) is 2.61. The zero-order valence-corrected chi connectivity index (χ0v) is 12.8. The Kier molecular flexibility index (Phi) is 5.96. The zero-order chi connectivity index (χ0) is 13.7. The predicted octanol–water partition coefficient (Wildman–Crippen LogP) is 4.46. The third-order valence-corrected chi connectivity index (χ3v) is 4.14. The molecule has 0 spiro atoms. The van der Waals surface area contributed by atoms with Gasteiger partial charge in [0.2, 0.25) is 0 Å². The van der Waals surface area contributed by atoms with E-state index in [1.807, 2.05) is 18.2 Å². The van der Waals surface area contributed by atoms with Gasteiger partial charge >= 0.3 is 0 Å². The van der Waals surface area contributed by atoms with Crippen LogP contribution < -0.4 is 5.32 Å². The van der Waals surface area contributed by atoms with Crippen molar-refractivity contribution in [2.75, 3.05) is 19.8 Å². The molecule has 0 amide bonds. The number of benzene rings is 1. The van der Waals surface area contributed by atoms with Crippen molar-refractivity contribution in [3.05, 3.63) is 33.8 Å². The van der Waals surface area contributed by atoms with Crippen LogP contribution in [0.2, 0.25) is 10.0 Å². The number of ether oxygens (including phenoxy) is 1. The lowest BCUT2D eigenvalue weighted by Gasteiger charge is -2.32. The van der Waals surface area contributed by atoms with Gasteiger partial charge in [-0.3, -0.25) is 0 Å². The molecule has 1 aliphatic heterocycles.